The molecule has 0 spiro atoms. The summed E-state index contributed by atoms with van der Waals surface area (Å²) >= 11 is 0. The summed E-state index contributed by atoms with van der Waals surface area (Å²) in [6.45, 7) is 7.59. The van der Waals surface area contributed by atoms with Crippen LogP contribution in [-0.2, 0) is 4.79 Å². The molecule has 1 heterocycles. The number of carbonyl (C=O) groups is 1. The lowest BCUT2D eigenvalue weighted by atomic mass is 9.72. The average Bonchev–Trinajstić information content (AvgIpc) is 2.81. The standard InChI is InChI=1S/C15H28N2O/c1-4-12-6-5-7-17(12)15(18)13-9-14(16)11(3)8-10(13)2/h10-14H,4-9,16H2,1-3H3. The largest absolute Gasteiger partial charge is 0.339 e. The summed E-state index contributed by atoms with van der Waals surface area (Å²) in [7, 11) is 0. The van der Waals surface area contributed by atoms with Crippen LogP contribution in [0.2, 0.25) is 0 Å². The number of rotatable bonds is 2. The molecule has 1 aliphatic heterocycles. The van der Waals surface area contributed by atoms with E-state index in [1.807, 2.05) is 0 Å². The molecule has 1 aliphatic carbocycles. The molecule has 2 fully saturated rings. The Labute approximate surface area is 111 Å². The zero-order chi connectivity index (χ0) is 13.3. The molecule has 2 rings (SSSR count). The minimum atomic E-state index is 0.170. The van der Waals surface area contributed by atoms with Gasteiger partial charge in [0.15, 0.2) is 0 Å². The molecule has 5 atom stereocenters. The third kappa shape index (κ3) is 2.56. The number of hydrogen-bond acceptors (Lipinski definition) is 2. The topological polar surface area (TPSA) is 46.3 Å². The van der Waals surface area contributed by atoms with E-state index < -0.39 is 0 Å². The molecule has 1 saturated heterocycles. The summed E-state index contributed by atoms with van der Waals surface area (Å²) in [6, 6.07) is 0.693. The minimum absolute atomic E-state index is 0.170. The molecule has 1 amide bonds. The number of carbonyl (C=O) groups excluding carboxylic acids is 1. The zero-order valence-electron chi connectivity index (χ0n) is 12.1. The van der Waals surface area contributed by atoms with Gasteiger partial charge in [0, 0.05) is 24.5 Å². The van der Waals surface area contributed by atoms with Crippen LogP contribution in [0, 0.1) is 17.8 Å². The van der Waals surface area contributed by atoms with Crippen LogP contribution in [0.4, 0.5) is 0 Å². The maximum Gasteiger partial charge on any atom is 0.226 e. The number of nitrogens with zero attached hydrogens (tertiary/aromatic N) is 1. The molecule has 0 bridgehead atoms. The van der Waals surface area contributed by atoms with Gasteiger partial charge >= 0.3 is 0 Å². The van der Waals surface area contributed by atoms with Gasteiger partial charge in [-0.15, -0.1) is 0 Å². The third-order valence-corrected chi connectivity index (χ3v) is 5.14. The molecule has 3 heteroatoms. The van der Waals surface area contributed by atoms with E-state index in [0.29, 0.717) is 23.8 Å². The highest BCUT2D eigenvalue weighted by Gasteiger charge is 2.39. The first-order chi connectivity index (χ1) is 8.54. The van der Waals surface area contributed by atoms with E-state index in [2.05, 4.69) is 25.7 Å². The van der Waals surface area contributed by atoms with E-state index in [1.165, 1.54) is 12.8 Å². The van der Waals surface area contributed by atoms with Gasteiger partial charge in [0.05, 0.1) is 0 Å². The maximum atomic E-state index is 12.7. The summed E-state index contributed by atoms with van der Waals surface area (Å²) in [6.07, 6.45) is 5.44. The van der Waals surface area contributed by atoms with Gasteiger partial charge in [-0.05, 0) is 43.9 Å². The van der Waals surface area contributed by atoms with E-state index in [4.69, 9.17) is 5.73 Å². The normalized spacial score (nSPS) is 41.1. The van der Waals surface area contributed by atoms with E-state index in [9.17, 15) is 4.79 Å². The highest BCUT2D eigenvalue weighted by molar-refractivity contribution is 5.80. The van der Waals surface area contributed by atoms with E-state index in [0.717, 1.165) is 25.8 Å². The van der Waals surface area contributed by atoms with Crippen LogP contribution < -0.4 is 5.73 Å². The Morgan fingerprint density at radius 2 is 2.00 bits per heavy atom. The number of nitrogens with two attached hydrogens (primary N) is 1. The van der Waals surface area contributed by atoms with Crippen molar-refractivity contribution in [2.45, 2.75) is 65.0 Å². The van der Waals surface area contributed by atoms with Gasteiger partial charge < -0.3 is 10.6 Å². The number of likely N-dealkylation sites (tertiary alicyclic amines) is 1. The van der Waals surface area contributed by atoms with Crippen molar-refractivity contribution < 1.29 is 4.79 Å². The summed E-state index contributed by atoms with van der Waals surface area (Å²) < 4.78 is 0. The van der Waals surface area contributed by atoms with Gasteiger partial charge in [0.2, 0.25) is 5.91 Å². The predicted molar refractivity (Wildman–Crippen MR) is 74.1 cm³/mol. The highest BCUT2D eigenvalue weighted by Crippen LogP contribution is 2.35. The molecule has 2 aliphatic rings. The van der Waals surface area contributed by atoms with Gasteiger partial charge in [0.25, 0.3) is 0 Å². The van der Waals surface area contributed by atoms with Crippen molar-refractivity contribution in [1.82, 2.24) is 4.90 Å². The molecular weight excluding hydrogens is 224 g/mol. The summed E-state index contributed by atoms with van der Waals surface area (Å²) in [5, 5.41) is 0. The second-order valence-electron chi connectivity index (χ2n) is 6.43. The smallest absolute Gasteiger partial charge is 0.226 e. The first kappa shape index (κ1) is 13.9. The van der Waals surface area contributed by atoms with Gasteiger partial charge in [-0.1, -0.05) is 20.8 Å². The molecule has 0 aromatic heterocycles. The molecule has 2 N–H and O–H groups in total. The van der Waals surface area contributed by atoms with Crippen molar-refractivity contribution >= 4 is 5.91 Å². The fourth-order valence-corrected chi connectivity index (χ4v) is 3.79. The van der Waals surface area contributed by atoms with Crippen LogP contribution in [0.15, 0.2) is 0 Å². The molecule has 1 saturated carbocycles. The van der Waals surface area contributed by atoms with Gasteiger partial charge in [0.1, 0.15) is 0 Å². The second-order valence-corrected chi connectivity index (χ2v) is 6.43. The molecule has 0 aromatic rings. The minimum Gasteiger partial charge on any atom is -0.339 e. The van der Waals surface area contributed by atoms with Crippen molar-refractivity contribution in [2.75, 3.05) is 6.54 Å². The van der Waals surface area contributed by atoms with E-state index in [1.54, 1.807) is 0 Å². The lowest BCUT2D eigenvalue weighted by molar-refractivity contribution is -0.139. The average molecular weight is 252 g/mol. The van der Waals surface area contributed by atoms with E-state index >= 15 is 0 Å². The van der Waals surface area contributed by atoms with E-state index in [-0.39, 0.29) is 12.0 Å². The fraction of sp³-hybridized carbons (Fsp3) is 0.933. The van der Waals surface area contributed by atoms with Crippen LogP contribution in [-0.4, -0.2) is 29.4 Å². The Balaban J connectivity index is 2.04. The molecule has 18 heavy (non-hydrogen) atoms. The van der Waals surface area contributed by atoms with Crippen molar-refractivity contribution in [2.24, 2.45) is 23.5 Å². The Kier molecular flexibility index (Phi) is 4.31. The van der Waals surface area contributed by atoms with Crippen molar-refractivity contribution in [3.8, 4) is 0 Å². The summed E-state index contributed by atoms with van der Waals surface area (Å²) in [4.78, 5) is 14.8. The van der Waals surface area contributed by atoms with Gasteiger partial charge in [-0.25, -0.2) is 0 Å². The Morgan fingerprint density at radius 1 is 1.28 bits per heavy atom. The molecule has 3 nitrogen and oxygen atoms in total. The van der Waals surface area contributed by atoms with Crippen LogP contribution in [0.25, 0.3) is 0 Å². The first-order valence-corrected chi connectivity index (χ1v) is 7.60. The molecule has 5 unspecified atom stereocenters. The molecular formula is C15H28N2O. The summed E-state index contributed by atoms with van der Waals surface area (Å²) in [5.41, 5.74) is 6.16. The molecule has 0 aromatic carbocycles. The Hall–Kier alpha value is -0.570. The lowest BCUT2D eigenvalue weighted by Crippen LogP contribution is -2.47. The lowest BCUT2D eigenvalue weighted by Gasteiger charge is -2.39. The SMILES string of the molecule is CCC1CCCN1C(=O)C1CC(N)C(C)CC1C. The number of hydrogen-bond donors (Lipinski definition) is 1. The van der Waals surface area contributed by atoms with Crippen LogP contribution in [0.5, 0.6) is 0 Å². The Morgan fingerprint density at radius 3 is 2.67 bits per heavy atom. The van der Waals surface area contributed by atoms with Gasteiger partial charge in [-0.3, -0.25) is 4.79 Å². The fourth-order valence-electron chi connectivity index (χ4n) is 3.79. The first-order valence-electron chi connectivity index (χ1n) is 7.60. The van der Waals surface area contributed by atoms with Crippen LogP contribution >= 0.6 is 0 Å². The van der Waals surface area contributed by atoms with Crippen molar-refractivity contribution in [3.63, 3.8) is 0 Å². The molecule has 0 radical (unpaired) electrons. The third-order valence-electron chi connectivity index (χ3n) is 5.14. The van der Waals surface area contributed by atoms with Gasteiger partial charge in [-0.2, -0.15) is 0 Å². The summed E-state index contributed by atoms with van der Waals surface area (Å²) in [5.74, 6) is 1.60. The number of amides is 1. The van der Waals surface area contributed by atoms with Crippen molar-refractivity contribution in [1.29, 1.82) is 0 Å². The van der Waals surface area contributed by atoms with Crippen molar-refractivity contribution in [3.05, 3.63) is 0 Å². The predicted octanol–water partition coefficient (Wildman–Crippen LogP) is 2.40. The second kappa shape index (κ2) is 5.60. The highest BCUT2D eigenvalue weighted by atomic mass is 16.2. The van der Waals surface area contributed by atoms with Crippen LogP contribution in [0.3, 0.4) is 0 Å². The zero-order valence-corrected chi connectivity index (χ0v) is 12.1. The molecule has 104 valence electrons. The Bertz CT molecular complexity index is 305. The monoisotopic (exact) mass is 252 g/mol. The van der Waals surface area contributed by atoms with Crippen LogP contribution in [0.1, 0.15) is 52.9 Å². The quantitative estimate of drug-likeness (QED) is 0.820. The maximum absolute atomic E-state index is 12.7.